The molecule has 0 spiro atoms. The maximum absolute atomic E-state index is 11.2. The van der Waals surface area contributed by atoms with Gasteiger partial charge in [-0.25, -0.2) is 4.42 Å². The van der Waals surface area contributed by atoms with Gasteiger partial charge >= 0.3 is 11.3 Å². The molecule has 0 radical (unpaired) electrons. The van der Waals surface area contributed by atoms with Gasteiger partial charge in [-0.15, -0.1) is 0 Å². The number of hydrogen-bond acceptors (Lipinski definition) is 19. The molecule has 3 aromatic rings. The van der Waals surface area contributed by atoms with Crippen LogP contribution < -0.4 is 9.47 Å². The molecular formula is C33H41O20+. The molecule has 3 aliphatic rings. The lowest BCUT2D eigenvalue weighted by Crippen LogP contribution is -2.65. The SMILES string of the molecule is C[C@@H]1O[C@@H](Oc2cc(O)cc3[o+]c(-c4ccc(O)c(O)c4)c(O[C@@H]4O[C@H](CO)[C@@H](O)[C@H](O)[C@H]4O[C@@H]4O[C@H](CO)[C@@H](O)[C@H](O)[C@H]4O)cc23)[C@H](O)[C@H](O)[C@H]1O. The largest absolute Gasteiger partial charge is 0.507 e. The molecule has 2 aromatic carbocycles. The lowest BCUT2D eigenvalue weighted by Gasteiger charge is -2.45. The summed E-state index contributed by atoms with van der Waals surface area (Å²) in [6, 6.07) is 7.06. The Balaban J connectivity index is 1.44. The smallest absolute Gasteiger partial charge is 0.402 e. The van der Waals surface area contributed by atoms with Gasteiger partial charge in [0.15, 0.2) is 23.9 Å². The van der Waals surface area contributed by atoms with Crippen molar-refractivity contribution < 1.29 is 99.2 Å². The Morgan fingerprint density at radius 1 is 0.604 bits per heavy atom. The Hall–Kier alpha value is -3.71. The average molecular weight is 758 g/mol. The minimum Gasteiger partial charge on any atom is -0.507 e. The summed E-state index contributed by atoms with van der Waals surface area (Å²) in [6.45, 7) is -0.229. The van der Waals surface area contributed by atoms with Gasteiger partial charge < -0.3 is 94.8 Å². The van der Waals surface area contributed by atoms with E-state index in [0.717, 1.165) is 18.2 Å². The molecule has 0 bridgehead atoms. The number of aromatic hydroxyl groups is 3. The van der Waals surface area contributed by atoms with Crippen LogP contribution in [0, 0.1) is 0 Å². The Labute approximate surface area is 299 Å². The van der Waals surface area contributed by atoms with Crippen molar-refractivity contribution in [3.05, 3.63) is 36.4 Å². The fourth-order valence-electron chi connectivity index (χ4n) is 6.21. The van der Waals surface area contributed by atoms with Gasteiger partial charge in [-0.2, -0.15) is 0 Å². The molecule has 3 fully saturated rings. The van der Waals surface area contributed by atoms with E-state index in [0.29, 0.717) is 0 Å². The van der Waals surface area contributed by atoms with E-state index in [4.69, 9.17) is 32.8 Å². The lowest BCUT2D eigenvalue weighted by atomic mass is 9.97. The summed E-state index contributed by atoms with van der Waals surface area (Å²) >= 11 is 0. The van der Waals surface area contributed by atoms with Crippen LogP contribution >= 0.6 is 0 Å². The molecule has 3 saturated heterocycles. The third kappa shape index (κ3) is 7.52. The number of rotatable bonds is 9. The van der Waals surface area contributed by atoms with Crippen LogP contribution in [-0.2, 0) is 18.9 Å². The minimum atomic E-state index is -1.95. The molecule has 0 amide bonds. The molecule has 1 aromatic heterocycles. The second-order valence-electron chi connectivity index (χ2n) is 12.9. The summed E-state index contributed by atoms with van der Waals surface area (Å²) < 4.78 is 40.6. The molecule has 3 aliphatic heterocycles. The fraction of sp³-hybridized carbons (Fsp3) is 0.545. The van der Waals surface area contributed by atoms with Gasteiger partial charge in [0, 0.05) is 18.2 Å². The van der Waals surface area contributed by atoms with Crippen molar-refractivity contribution in [3.8, 4) is 40.1 Å². The summed E-state index contributed by atoms with van der Waals surface area (Å²) in [7, 11) is 0. The van der Waals surface area contributed by atoms with Crippen molar-refractivity contribution in [3.63, 3.8) is 0 Å². The highest BCUT2D eigenvalue weighted by molar-refractivity contribution is 5.89. The van der Waals surface area contributed by atoms with E-state index in [1.165, 1.54) is 25.1 Å². The number of ether oxygens (including phenoxy) is 6. The molecule has 53 heavy (non-hydrogen) atoms. The molecule has 20 heteroatoms. The standard InChI is InChI=1S/C33H40O20/c1-10-21(39)24(42)27(45)31(47-10)49-17-6-12(36)5-16-13(17)7-18(29(48-16)11-2-3-14(37)15(38)4-11)50-33-30(26(44)23(41)20(9-35)52-33)53-32-28(46)25(43)22(40)19(8-34)51-32/h2-7,10,19-28,30-35,39-46H,8-9H2,1H3,(H2-,36,37,38)/p+1/t10-,19+,20+,21-,22+,23+,24+,25-,26-,27+,28+,30+,31-,32-,33+/m0/s1. The monoisotopic (exact) mass is 757 g/mol. The van der Waals surface area contributed by atoms with E-state index in [1.807, 2.05) is 0 Å². The predicted molar refractivity (Wildman–Crippen MR) is 171 cm³/mol. The van der Waals surface area contributed by atoms with Crippen LogP contribution in [0.1, 0.15) is 6.92 Å². The van der Waals surface area contributed by atoms with Crippen LogP contribution in [-0.4, -0.2) is 172 Å². The van der Waals surface area contributed by atoms with Crippen LogP contribution in [0.4, 0.5) is 0 Å². The lowest BCUT2D eigenvalue weighted by molar-refractivity contribution is -0.357. The second-order valence-corrected chi connectivity index (χ2v) is 12.9. The molecule has 4 heterocycles. The van der Waals surface area contributed by atoms with E-state index >= 15 is 0 Å². The van der Waals surface area contributed by atoms with Gasteiger partial charge in [0.2, 0.25) is 18.3 Å². The van der Waals surface area contributed by atoms with Crippen LogP contribution in [0.3, 0.4) is 0 Å². The molecule has 0 unspecified atom stereocenters. The molecule has 0 saturated carbocycles. The van der Waals surface area contributed by atoms with E-state index in [1.54, 1.807) is 0 Å². The van der Waals surface area contributed by atoms with Crippen LogP contribution in [0.25, 0.3) is 22.3 Å². The number of aliphatic hydroxyl groups excluding tert-OH is 10. The minimum absolute atomic E-state index is 0.00937. The maximum Gasteiger partial charge on any atom is 0.402 e. The normalized spacial score (nSPS) is 37.8. The molecule has 20 nitrogen and oxygen atoms in total. The molecule has 13 N–H and O–H groups in total. The quantitative estimate of drug-likeness (QED) is 0.0751. The van der Waals surface area contributed by atoms with Gasteiger partial charge in [-0.3, -0.25) is 0 Å². The van der Waals surface area contributed by atoms with Crippen molar-refractivity contribution in [2.24, 2.45) is 0 Å². The zero-order valence-corrected chi connectivity index (χ0v) is 27.7. The van der Waals surface area contributed by atoms with Crippen molar-refractivity contribution in [2.75, 3.05) is 13.2 Å². The summed E-state index contributed by atoms with van der Waals surface area (Å²) in [5, 5.41) is 135. The van der Waals surface area contributed by atoms with Crippen LogP contribution in [0.2, 0.25) is 0 Å². The third-order valence-electron chi connectivity index (χ3n) is 9.30. The summed E-state index contributed by atoms with van der Waals surface area (Å²) in [5.41, 5.74) is -0.0438. The first-order valence-corrected chi connectivity index (χ1v) is 16.4. The van der Waals surface area contributed by atoms with E-state index in [-0.39, 0.29) is 33.8 Å². The summed E-state index contributed by atoms with van der Waals surface area (Å²) in [5.74, 6) is -2.23. The van der Waals surface area contributed by atoms with Gasteiger partial charge in [-0.05, 0) is 19.1 Å². The van der Waals surface area contributed by atoms with Gasteiger partial charge in [0.25, 0.3) is 0 Å². The highest BCUT2D eigenvalue weighted by Gasteiger charge is 2.52. The second kappa shape index (κ2) is 15.6. The average Bonchev–Trinajstić information content (AvgIpc) is 3.13. The Bertz CT molecular complexity index is 1740. The van der Waals surface area contributed by atoms with Crippen LogP contribution in [0.15, 0.2) is 40.8 Å². The molecule has 6 rings (SSSR count). The fourth-order valence-corrected chi connectivity index (χ4v) is 6.21. The van der Waals surface area contributed by atoms with Gasteiger partial charge in [0.05, 0.1) is 30.9 Å². The number of aliphatic hydroxyl groups is 10. The number of benzene rings is 2. The number of hydrogen-bond donors (Lipinski definition) is 13. The predicted octanol–water partition coefficient (Wildman–Crippen LogP) is -3.29. The highest BCUT2D eigenvalue weighted by atomic mass is 16.8. The van der Waals surface area contributed by atoms with E-state index in [2.05, 4.69) is 0 Å². The zero-order chi connectivity index (χ0) is 38.5. The Morgan fingerprint density at radius 3 is 1.87 bits per heavy atom. The number of phenols is 3. The first-order chi connectivity index (χ1) is 25.1. The Morgan fingerprint density at radius 2 is 1.21 bits per heavy atom. The van der Waals surface area contributed by atoms with Crippen molar-refractivity contribution in [2.45, 2.75) is 99.0 Å². The molecule has 0 aliphatic carbocycles. The molecule has 15 atom stereocenters. The topological polar surface area (TPSA) is 330 Å². The first-order valence-electron chi connectivity index (χ1n) is 16.4. The molecule has 292 valence electrons. The van der Waals surface area contributed by atoms with E-state index < -0.39 is 123 Å². The van der Waals surface area contributed by atoms with E-state index in [9.17, 15) is 66.4 Å². The first kappa shape index (κ1) is 39.0. The highest BCUT2D eigenvalue weighted by Crippen LogP contribution is 2.43. The van der Waals surface area contributed by atoms with Crippen LogP contribution in [0.5, 0.6) is 28.7 Å². The molecular weight excluding hydrogens is 716 g/mol. The summed E-state index contributed by atoms with van der Waals surface area (Å²) in [6.07, 6.45) is -25.2. The third-order valence-corrected chi connectivity index (χ3v) is 9.30. The van der Waals surface area contributed by atoms with Gasteiger partial charge in [0.1, 0.15) is 77.9 Å². The van der Waals surface area contributed by atoms with Crippen molar-refractivity contribution in [1.29, 1.82) is 0 Å². The number of phenolic OH excluding ortho intramolecular Hbond substituents is 3. The van der Waals surface area contributed by atoms with Crippen molar-refractivity contribution >= 4 is 11.0 Å². The Kier molecular flexibility index (Phi) is 11.5. The van der Waals surface area contributed by atoms with Crippen molar-refractivity contribution in [1.82, 2.24) is 0 Å². The zero-order valence-electron chi connectivity index (χ0n) is 27.7. The summed E-state index contributed by atoms with van der Waals surface area (Å²) in [4.78, 5) is 0. The number of fused-ring (bicyclic) bond motifs is 1. The maximum atomic E-state index is 11.2. The van der Waals surface area contributed by atoms with Gasteiger partial charge in [-0.1, -0.05) is 0 Å².